The van der Waals surface area contributed by atoms with E-state index in [2.05, 4.69) is 42.3 Å². The zero-order valence-corrected chi connectivity index (χ0v) is 14.1. The largest absolute Gasteiger partial charge is 0.378 e. The topological polar surface area (TPSA) is 69.7 Å². The van der Waals surface area contributed by atoms with E-state index in [0.29, 0.717) is 5.95 Å². The van der Waals surface area contributed by atoms with Gasteiger partial charge in [-0.05, 0) is 30.3 Å². The van der Waals surface area contributed by atoms with Crippen LogP contribution in [0.15, 0.2) is 61.2 Å². The van der Waals surface area contributed by atoms with Crippen LogP contribution in [0, 0.1) is 0 Å². The number of fused-ring (bicyclic) bond motifs is 1. The van der Waals surface area contributed by atoms with Crippen LogP contribution < -0.4 is 10.2 Å². The molecule has 0 amide bonds. The zero-order chi connectivity index (χ0) is 17.2. The van der Waals surface area contributed by atoms with Crippen LogP contribution in [0.3, 0.4) is 0 Å². The number of hydrogen-bond acceptors (Lipinski definition) is 5. The minimum absolute atomic E-state index is 0.562. The molecule has 124 valence electrons. The molecule has 3 heterocycles. The van der Waals surface area contributed by atoms with Crippen LogP contribution in [0.5, 0.6) is 0 Å². The molecule has 4 aromatic rings. The Bertz CT molecular complexity index is 1020. The average Bonchev–Trinajstić information content (AvgIpc) is 3.06. The lowest BCUT2D eigenvalue weighted by Crippen LogP contribution is -2.08. The standard InChI is InChI=1S/C19H18N6/c1-25(2)14-5-3-4-13(10-14)23-19-21-9-7-18(24-19)16-12-22-17-6-8-20-11-15(16)17/h3-12,22H,1-2H3,(H,21,23,24). The van der Waals surface area contributed by atoms with E-state index < -0.39 is 0 Å². The molecule has 0 aliphatic rings. The Morgan fingerprint density at radius 2 is 2.00 bits per heavy atom. The molecule has 0 atom stereocenters. The van der Waals surface area contributed by atoms with Crippen molar-refractivity contribution in [2.24, 2.45) is 0 Å². The zero-order valence-electron chi connectivity index (χ0n) is 14.1. The fourth-order valence-electron chi connectivity index (χ4n) is 2.73. The summed E-state index contributed by atoms with van der Waals surface area (Å²) in [7, 11) is 4.03. The van der Waals surface area contributed by atoms with E-state index in [9.17, 15) is 0 Å². The summed E-state index contributed by atoms with van der Waals surface area (Å²) in [6, 6.07) is 12.0. The molecule has 3 aromatic heterocycles. The third-order valence-electron chi connectivity index (χ3n) is 4.03. The van der Waals surface area contributed by atoms with E-state index in [1.807, 2.05) is 50.8 Å². The highest BCUT2D eigenvalue weighted by Crippen LogP contribution is 2.27. The molecule has 4 rings (SSSR count). The number of aromatic amines is 1. The molecule has 2 N–H and O–H groups in total. The van der Waals surface area contributed by atoms with Gasteiger partial charge in [0, 0.05) is 66.7 Å². The summed E-state index contributed by atoms with van der Waals surface area (Å²) in [6.45, 7) is 0. The van der Waals surface area contributed by atoms with Crippen molar-refractivity contribution in [1.82, 2.24) is 19.9 Å². The number of rotatable bonds is 4. The number of hydrogen-bond donors (Lipinski definition) is 2. The van der Waals surface area contributed by atoms with Crippen LogP contribution in [0.2, 0.25) is 0 Å². The summed E-state index contributed by atoms with van der Waals surface area (Å²) in [6.07, 6.45) is 7.32. The van der Waals surface area contributed by atoms with Crippen molar-refractivity contribution in [3.05, 3.63) is 61.2 Å². The summed E-state index contributed by atoms with van der Waals surface area (Å²) in [4.78, 5) is 18.5. The molecule has 0 saturated heterocycles. The summed E-state index contributed by atoms with van der Waals surface area (Å²) < 4.78 is 0. The quantitative estimate of drug-likeness (QED) is 0.595. The first kappa shape index (κ1) is 15.1. The second-order valence-electron chi connectivity index (χ2n) is 5.96. The second kappa shape index (κ2) is 6.24. The van der Waals surface area contributed by atoms with E-state index in [1.54, 1.807) is 12.4 Å². The van der Waals surface area contributed by atoms with Crippen LogP contribution in [0.1, 0.15) is 0 Å². The van der Waals surface area contributed by atoms with Gasteiger partial charge in [0.15, 0.2) is 0 Å². The van der Waals surface area contributed by atoms with E-state index in [1.165, 1.54) is 0 Å². The summed E-state index contributed by atoms with van der Waals surface area (Å²) in [5, 5.41) is 4.32. The first-order chi connectivity index (χ1) is 12.2. The molecule has 0 aliphatic carbocycles. The molecule has 6 heteroatoms. The highest BCUT2D eigenvalue weighted by molar-refractivity contribution is 5.93. The highest BCUT2D eigenvalue weighted by Gasteiger charge is 2.09. The molecule has 0 fully saturated rings. The van der Waals surface area contributed by atoms with Gasteiger partial charge in [0.05, 0.1) is 5.69 Å². The third kappa shape index (κ3) is 3.01. The molecule has 25 heavy (non-hydrogen) atoms. The number of pyridine rings is 1. The maximum Gasteiger partial charge on any atom is 0.227 e. The van der Waals surface area contributed by atoms with Gasteiger partial charge < -0.3 is 15.2 Å². The number of benzene rings is 1. The van der Waals surface area contributed by atoms with Crippen molar-refractivity contribution < 1.29 is 0 Å². The summed E-state index contributed by atoms with van der Waals surface area (Å²) in [5.74, 6) is 0.562. The lowest BCUT2D eigenvalue weighted by molar-refractivity contribution is 1.13. The number of anilines is 3. The minimum Gasteiger partial charge on any atom is -0.378 e. The van der Waals surface area contributed by atoms with E-state index >= 15 is 0 Å². The predicted molar refractivity (Wildman–Crippen MR) is 101 cm³/mol. The van der Waals surface area contributed by atoms with Crippen molar-refractivity contribution >= 4 is 28.2 Å². The minimum atomic E-state index is 0.562. The van der Waals surface area contributed by atoms with Crippen LogP contribution in [-0.4, -0.2) is 34.0 Å². The normalized spacial score (nSPS) is 10.8. The van der Waals surface area contributed by atoms with Crippen molar-refractivity contribution in [3.63, 3.8) is 0 Å². The number of nitrogens with zero attached hydrogens (tertiary/aromatic N) is 4. The van der Waals surface area contributed by atoms with E-state index in [4.69, 9.17) is 0 Å². The third-order valence-corrected chi connectivity index (χ3v) is 4.03. The smallest absolute Gasteiger partial charge is 0.227 e. The first-order valence-corrected chi connectivity index (χ1v) is 7.99. The van der Waals surface area contributed by atoms with Crippen molar-refractivity contribution in [3.8, 4) is 11.3 Å². The molecular weight excluding hydrogens is 312 g/mol. The fraction of sp³-hybridized carbons (Fsp3) is 0.105. The second-order valence-corrected chi connectivity index (χ2v) is 5.96. The summed E-state index contributed by atoms with van der Waals surface area (Å²) in [5.41, 5.74) is 4.96. The van der Waals surface area contributed by atoms with Crippen molar-refractivity contribution in [2.75, 3.05) is 24.3 Å². The maximum absolute atomic E-state index is 4.65. The van der Waals surface area contributed by atoms with Gasteiger partial charge in [-0.2, -0.15) is 0 Å². The van der Waals surface area contributed by atoms with E-state index in [-0.39, 0.29) is 0 Å². The van der Waals surface area contributed by atoms with Gasteiger partial charge in [-0.3, -0.25) is 4.98 Å². The Hall–Kier alpha value is -3.41. The van der Waals surface area contributed by atoms with Crippen LogP contribution in [0.4, 0.5) is 17.3 Å². The maximum atomic E-state index is 4.65. The Labute approximate surface area is 145 Å². The van der Waals surface area contributed by atoms with Crippen molar-refractivity contribution in [2.45, 2.75) is 0 Å². The van der Waals surface area contributed by atoms with Crippen LogP contribution in [0.25, 0.3) is 22.2 Å². The van der Waals surface area contributed by atoms with Gasteiger partial charge in [-0.1, -0.05) is 6.07 Å². The molecule has 0 spiro atoms. The van der Waals surface area contributed by atoms with Gasteiger partial charge in [0.1, 0.15) is 0 Å². The molecule has 1 aromatic carbocycles. The highest BCUT2D eigenvalue weighted by atomic mass is 15.1. The first-order valence-electron chi connectivity index (χ1n) is 7.99. The molecular formula is C19H18N6. The molecule has 0 bridgehead atoms. The molecule has 0 radical (unpaired) electrons. The van der Waals surface area contributed by atoms with Gasteiger partial charge in [0.25, 0.3) is 0 Å². The Morgan fingerprint density at radius 1 is 1.08 bits per heavy atom. The van der Waals surface area contributed by atoms with Gasteiger partial charge in [0.2, 0.25) is 5.95 Å². The summed E-state index contributed by atoms with van der Waals surface area (Å²) >= 11 is 0. The number of H-pyrrole nitrogens is 1. The Balaban J connectivity index is 1.67. The Morgan fingerprint density at radius 3 is 2.88 bits per heavy atom. The lowest BCUT2D eigenvalue weighted by atomic mass is 10.1. The van der Waals surface area contributed by atoms with Gasteiger partial charge >= 0.3 is 0 Å². The Kier molecular flexibility index (Phi) is 3.78. The predicted octanol–water partition coefficient (Wildman–Crippen LogP) is 3.83. The molecule has 0 unspecified atom stereocenters. The molecule has 0 saturated carbocycles. The van der Waals surface area contributed by atoms with Gasteiger partial charge in [-0.15, -0.1) is 0 Å². The SMILES string of the molecule is CN(C)c1cccc(Nc2nccc(-c3c[nH]c4ccncc34)n2)c1. The van der Waals surface area contributed by atoms with Crippen molar-refractivity contribution in [1.29, 1.82) is 0 Å². The lowest BCUT2D eigenvalue weighted by Gasteiger charge is -2.14. The van der Waals surface area contributed by atoms with Crippen LogP contribution in [-0.2, 0) is 0 Å². The number of aromatic nitrogens is 4. The van der Waals surface area contributed by atoms with E-state index in [0.717, 1.165) is 33.5 Å². The fourth-order valence-corrected chi connectivity index (χ4v) is 2.73. The van der Waals surface area contributed by atoms with Crippen LogP contribution >= 0.6 is 0 Å². The van der Waals surface area contributed by atoms with Gasteiger partial charge in [-0.25, -0.2) is 9.97 Å². The molecule has 0 aliphatic heterocycles. The monoisotopic (exact) mass is 330 g/mol. The molecule has 6 nitrogen and oxygen atoms in total. The number of nitrogens with one attached hydrogen (secondary N) is 2. The average molecular weight is 330 g/mol.